The van der Waals surface area contributed by atoms with E-state index in [9.17, 15) is 24.1 Å². The van der Waals surface area contributed by atoms with E-state index in [4.69, 9.17) is 0 Å². The monoisotopic (exact) mass is 495 g/mol. The van der Waals surface area contributed by atoms with E-state index in [1.54, 1.807) is 30.3 Å². The summed E-state index contributed by atoms with van der Waals surface area (Å²) in [6.07, 6.45) is 2.42. The SMILES string of the molecule is O=C(NCc1ccccc1F)[C@H]1Cc2cc([N+](=O)[O-])ccc2N2CCN(CC(=O)N3CCCC3)C[C@H]12. The first-order chi connectivity index (χ1) is 17.4. The Morgan fingerprint density at radius 2 is 1.86 bits per heavy atom. The summed E-state index contributed by atoms with van der Waals surface area (Å²) in [7, 11) is 0. The fourth-order valence-corrected chi connectivity index (χ4v) is 5.64. The Balaban J connectivity index is 1.36. The minimum absolute atomic E-state index is 0.00689. The van der Waals surface area contributed by atoms with Crippen molar-refractivity contribution in [2.24, 2.45) is 5.92 Å². The zero-order valence-electron chi connectivity index (χ0n) is 20.1. The molecule has 2 fully saturated rings. The topological polar surface area (TPSA) is 99.0 Å². The smallest absolute Gasteiger partial charge is 0.269 e. The largest absolute Gasteiger partial charge is 0.365 e. The Bertz CT molecular complexity index is 1170. The second-order valence-corrected chi connectivity index (χ2v) is 9.77. The van der Waals surface area contributed by atoms with Crippen LogP contribution >= 0.6 is 0 Å². The van der Waals surface area contributed by atoms with Gasteiger partial charge in [0.05, 0.1) is 23.4 Å². The van der Waals surface area contributed by atoms with Gasteiger partial charge >= 0.3 is 0 Å². The van der Waals surface area contributed by atoms with Crippen LogP contribution in [0, 0.1) is 21.8 Å². The third-order valence-corrected chi connectivity index (χ3v) is 7.56. The number of halogens is 1. The number of nitro benzene ring substituents is 1. The summed E-state index contributed by atoms with van der Waals surface area (Å²) in [6.45, 7) is 3.79. The normalized spacial score (nSPS) is 21.6. The quantitative estimate of drug-likeness (QED) is 0.488. The van der Waals surface area contributed by atoms with E-state index in [0.717, 1.165) is 37.2 Å². The van der Waals surface area contributed by atoms with Gasteiger partial charge < -0.3 is 15.1 Å². The van der Waals surface area contributed by atoms with Gasteiger partial charge in [0, 0.05) is 62.7 Å². The predicted octanol–water partition coefficient (Wildman–Crippen LogP) is 2.34. The number of hydrogen-bond donors (Lipinski definition) is 1. The molecule has 2 aromatic carbocycles. The summed E-state index contributed by atoms with van der Waals surface area (Å²) in [6, 6.07) is 10.9. The zero-order valence-corrected chi connectivity index (χ0v) is 20.1. The number of nitrogens with zero attached hydrogens (tertiary/aromatic N) is 4. The fourth-order valence-electron chi connectivity index (χ4n) is 5.64. The highest BCUT2D eigenvalue weighted by molar-refractivity contribution is 5.82. The molecule has 10 heteroatoms. The van der Waals surface area contributed by atoms with Crippen LogP contribution < -0.4 is 10.2 Å². The third-order valence-electron chi connectivity index (χ3n) is 7.56. The molecule has 2 aromatic rings. The van der Waals surface area contributed by atoms with Crippen molar-refractivity contribution in [3.05, 3.63) is 69.5 Å². The van der Waals surface area contributed by atoms with Gasteiger partial charge in [-0.3, -0.25) is 24.6 Å². The van der Waals surface area contributed by atoms with Gasteiger partial charge in [0.25, 0.3) is 5.69 Å². The molecule has 5 rings (SSSR count). The highest BCUT2D eigenvalue weighted by Crippen LogP contribution is 2.38. The van der Waals surface area contributed by atoms with Gasteiger partial charge in [0.15, 0.2) is 0 Å². The van der Waals surface area contributed by atoms with Crippen molar-refractivity contribution in [1.82, 2.24) is 15.1 Å². The van der Waals surface area contributed by atoms with Crippen LogP contribution in [-0.4, -0.2) is 71.8 Å². The van der Waals surface area contributed by atoms with Crippen LogP contribution in [0.3, 0.4) is 0 Å². The second-order valence-electron chi connectivity index (χ2n) is 9.77. The molecule has 3 aliphatic rings. The summed E-state index contributed by atoms with van der Waals surface area (Å²) >= 11 is 0. The molecule has 190 valence electrons. The molecule has 0 aromatic heterocycles. The number of fused-ring (bicyclic) bond motifs is 3. The number of nitro groups is 1. The Morgan fingerprint density at radius 3 is 2.61 bits per heavy atom. The maximum atomic E-state index is 14.1. The van der Waals surface area contributed by atoms with Gasteiger partial charge in [-0.05, 0) is 37.0 Å². The number of hydrogen-bond acceptors (Lipinski definition) is 6. The van der Waals surface area contributed by atoms with Crippen LogP contribution in [0.5, 0.6) is 0 Å². The van der Waals surface area contributed by atoms with Crippen molar-refractivity contribution in [1.29, 1.82) is 0 Å². The molecule has 1 N–H and O–H groups in total. The van der Waals surface area contributed by atoms with E-state index >= 15 is 0 Å². The Kier molecular flexibility index (Phi) is 6.86. The molecule has 0 spiro atoms. The number of amides is 2. The van der Waals surface area contributed by atoms with Crippen molar-refractivity contribution in [3.8, 4) is 0 Å². The van der Waals surface area contributed by atoms with Gasteiger partial charge in [-0.25, -0.2) is 4.39 Å². The second kappa shape index (κ2) is 10.2. The molecule has 0 bridgehead atoms. The maximum absolute atomic E-state index is 14.1. The molecule has 0 unspecified atom stereocenters. The van der Waals surface area contributed by atoms with Gasteiger partial charge in [0.2, 0.25) is 11.8 Å². The molecule has 9 nitrogen and oxygen atoms in total. The Labute approximate surface area is 209 Å². The first kappa shape index (κ1) is 24.2. The number of nitrogens with one attached hydrogen (secondary N) is 1. The molecule has 3 heterocycles. The number of piperazine rings is 1. The highest BCUT2D eigenvalue weighted by Gasteiger charge is 2.42. The van der Waals surface area contributed by atoms with Crippen LogP contribution in [0.15, 0.2) is 42.5 Å². The minimum Gasteiger partial charge on any atom is -0.365 e. The number of non-ortho nitro benzene ring substituents is 1. The first-order valence-electron chi connectivity index (χ1n) is 12.5. The molecule has 0 radical (unpaired) electrons. The number of anilines is 1. The standard InChI is InChI=1S/C26H30FN5O4/c27-22-6-2-1-5-18(22)15-28-26(34)21-14-19-13-20(32(35)36)7-8-23(19)31-12-11-29(16-24(21)31)17-25(33)30-9-3-4-10-30/h1-2,5-8,13,21,24H,3-4,9-12,14-17H2,(H,28,34)/t21-,24+/m0/s1. The Hall–Kier alpha value is -3.53. The van der Waals surface area contributed by atoms with E-state index in [1.807, 2.05) is 4.90 Å². The van der Waals surface area contributed by atoms with Crippen molar-refractivity contribution in [2.75, 3.05) is 44.2 Å². The van der Waals surface area contributed by atoms with E-state index in [-0.39, 0.29) is 35.9 Å². The van der Waals surface area contributed by atoms with Gasteiger partial charge in [-0.1, -0.05) is 18.2 Å². The molecule has 36 heavy (non-hydrogen) atoms. The number of benzene rings is 2. The lowest BCUT2D eigenvalue weighted by Gasteiger charge is -2.49. The van der Waals surface area contributed by atoms with Crippen LogP contribution in [-0.2, 0) is 22.6 Å². The maximum Gasteiger partial charge on any atom is 0.269 e. The lowest BCUT2D eigenvalue weighted by Crippen LogP contribution is -2.62. The minimum atomic E-state index is -0.490. The summed E-state index contributed by atoms with van der Waals surface area (Å²) < 4.78 is 14.1. The summed E-state index contributed by atoms with van der Waals surface area (Å²) in [5, 5.41) is 14.2. The summed E-state index contributed by atoms with van der Waals surface area (Å²) in [5.41, 5.74) is 2.05. The van der Waals surface area contributed by atoms with E-state index in [1.165, 1.54) is 12.1 Å². The molecule has 0 aliphatic carbocycles. The lowest BCUT2D eigenvalue weighted by atomic mass is 9.83. The van der Waals surface area contributed by atoms with Crippen molar-refractivity contribution >= 4 is 23.2 Å². The fraction of sp³-hybridized carbons (Fsp3) is 0.462. The Morgan fingerprint density at radius 1 is 1.08 bits per heavy atom. The van der Waals surface area contributed by atoms with Gasteiger partial charge in [-0.2, -0.15) is 0 Å². The van der Waals surface area contributed by atoms with Gasteiger partial charge in [0.1, 0.15) is 5.82 Å². The lowest BCUT2D eigenvalue weighted by molar-refractivity contribution is -0.384. The van der Waals surface area contributed by atoms with Crippen LogP contribution in [0.1, 0.15) is 24.0 Å². The molecule has 0 saturated carbocycles. The van der Waals surface area contributed by atoms with Crippen molar-refractivity contribution < 1.29 is 18.9 Å². The third kappa shape index (κ3) is 4.90. The average molecular weight is 496 g/mol. The first-order valence-corrected chi connectivity index (χ1v) is 12.5. The number of carbonyl (C=O) groups excluding carboxylic acids is 2. The van der Waals surface area contributed by atoms with E-state index in [2.05, 4.69) is 15.1 Å². The zero-order chi connectivity index (χ0) is 25.2. The predicted molar refractivity (Wildman–Crippen MR) is 132 cm³/mol. The van der Waals surface area contributed by atoms with Crippen LogP contribution in [0.4, 0.5) is 15.8 Å². The molecular weight excluding hydrogens is 465 g/mol. The molecular formula is C26H30FN5O4. The molecule has 3 aliphatic heterocycles. The molecule has 2 saturated heterocycles. The summed E-state index contributed by atoms with van der Waals surface area (Å²) in [4.78, 5) is 43.3. The number of likely N-dealkylation sites (tertiary alicyclic amines) is 1. The van der Waals surface area contributed by atoms with E-state index in [0.29, 0.717) is 38.2 Å². The molecule has 2 amide bonds. The number of rotatable bonds is 6. The van der Waals surface area contributed by atoms with Crippen molar-refractivity contribution in [3.63, 3.8) is 0 Å². The number of carbonyl (C=O) groups is 2. The molecule has 2 atom stereocenters. The van der Waals surface area contributed by atoms with Crippen LogP contribution in [0.25, 0.3) is 0 Å². The van der Waals surface area contributed by atoms with Crippen LogP contribution in [0.2, 0.25) is 0 Å². The summed E-state index contributed by atoms with van der Waals surface area (Å²) in [5.74, 6) is -0.976. The average Bonchev–Trinajstić information content (AvgIpc) is 3.42. The highest BCUT2D eigenvalue weighted by atomic mass is 19.1. The van der Waals surface area contributed by atoms with E-state index < -0.39 is 10.8 Å². The van der Waals surface area contributed by atoms with Crippen molar-refractivity contribution in [2.45, 2.75) is 31.8 Å². The van der Waals surface area contributed by atoms with Gasteiger partial charge in [-0.15, -0.1) is 0 Å².